The number of thioether (sulfide) groups is 1. The molecule has 1 aliphatic carbocycles. The zero-order valence-electron chi connectivity index (χ0n) is 11.7. The molecule has 6 nitrogen and oxygen atoms in total. The van der Waals surface area contributed by atoms with Gasteiger partial charge < -0.3 is 5.11 Å². The van der Waals surface area contributed by atoms with Crippen LogP contribution in [0.2, 0.25) is 0 Å². The van der Waals surface area contributed by atoms with E-state index in [2.05, 4.69) is 4.72 Å². The van der Waals surface area contributed by atoms with Gasteiger partial charge in [-0.3, -0.25) is 4.79 Å². The molecule has 2 fully saturated rings. The van der Waals surface area contributed by atoms with Gasteiger partial charge in [0.2, 0.25) is 0 Å². The molecule has 1 unspecified atom stereocenters. The minimum atomic E-state index is -3.56. The largest absolute Gasteiger partial charge is 0.481 e. The number of carboxylic acid groups (broad SMARTS) is 1. The Morgan fingerprint density at radius 3 is 2.65 bits per heavy atom. The standard InChI is InChI=1S/C12H22N2O4S2/c1-19-12(5-3-6-12)9-13-20(17,18)14-7-2-4-10(8-14)11(15)16/h10,13H,2-9H2,1H3,(H,15,16). The molecule has 1 aliphatic heterocycles. The Balaban J connectivity index is 1.94. The second kappa shape index (κ2) is 6.21. The first-order chi connectivity index (χ1) is 9.38. The summed E-state index contributed by atoms with van der Waals surface area (Å²) in [5.41, 5.74) is 0. The van der Waals surface area contributed by atoms with Crippen LogP contribution in [0, 0.1) is 5.92 Å². The first-order valence-electron chi connectivity index (χ1n) is 6.91. The van der Waals surface area contributed by atoms with Crippen molar-refractivity contribution in [2.45, 2.75) is 36.9 Å². The first-order valence-corrected chi connectivity index (χ1v) is 9.58. The minimum absolute atomic E-state index is 0.0368. The van der Waals surface area contributed by atoms with E-state index in [0.29, 0.717) is 25.9 Å². The van der Waals surface area contributed by atoms with Crippen molar-refractivity contribution < 1.29 is 18.3 Å². The molecular weight excluding hydrogens is 300 g/mol. The van der Waals surface area contributed by atoms with E-state index in [4.69, 9.17) is 5.11 Å². The molecule has 116 valence electrons. The number of rotatable bonds is 6. The molecule has 0 aromatic heterocycles. The van der Waals surface area contributed by atoms with Gasteiger partial charge in [-0.1, -0.05) is 6.42 Å². The van der Waals surface area contributed by atoms with Gasteiger partial charge >= 0.3 is 5.97 Å². The Kier molecular flexibility index (Phi) is 4.99. The van der Waals surface area contributed by atoms with Gasteiger partial charge in [0.25, 0.3) is 10.2 Å². The van der Waals surface area contributed by atoms with Crippen LogP contribution >= 0.6 is 11.8 Å². The van der Waals surface area contributed by atoms with Gasteiger partial charge in [-0.05, 0) is 31.9 Å². The minimum Gasteiger partial charge on any atom is -0.481 e. The van der Waals surface area contributed by atoms with Crippen LogP contribution in [-0.2, 0) is 15.0 Å². The van der Waals surface area contributed by atoms with Crippen molar-refractivity contribution in [3.05, 3.63) is 0 Å². The summed E-state index contributed by atoms with van der Waals surface area (Å²) in [5.74, 6) is -1.50. The number of nitrogens with zero attached hydrogens (tertiary/aromatic N) is 1. The number of carboxylic acids is 1. The first kappa shape index (κ1) is 16.1. The monoisotopic (exact) mass is 322 g/mol. The van der Waals surface area contributed by atoms with Crippen LogP contribution in [-0.4, -0.2) is 54.4 Å². The molecule has 8 heteroatoms. The van der Waals surface area contributed by atoms with E-state index in [9.17, 15) is 13.2 Å². The highest BCUT2D eigenvalue weighted by Crippen LogP contribution is 2.42. The smallest absolute Gasteiger partial charge is 0.307 e. The number of carbonyl (C=O) groups is 1. The molecule has 0 aromatic carbocycles. The van der Waals surface area contributed by atoms with Gasteiger partial charge in [-0.25, -0.2) is 4.72 Å². The van der Waals surface area contributed by atoms with Gasteiger partial charge in [0.05, 0.1) is 5.92 Å². The van der Waals surface area contributed by atoms with Crippen LogP contribution in [0.1, 0.15) is 32.1 Å². The Hall–Kier alpha value is -0.310. The average molecular weight is 322 g/mol. The topological polar surface area (TPSA) is 86.7 Å². The van der Waals surface area contributed by atoms with Gasteiger partial charge in [0.15, 0.2) is 0 Å². The van der Waals surface area contributed by atoms with Crippen molar-refractivity contribution in [2.24, 2.45) is 5.92 Å². The molecule has 0 spiro atoms. The fourth-order valence-corrected chi connectivity index (χ4v) is 5.09. The van der Waals surface area contributed by atoms with Crippen molar-refractivity contribution in [1.29, 1.82) is 0 Å². The molecule has 2 rings (SSSR count). The molecule has 0 aromatic rings. The predicted octanol–water partition coefficient (Wildman–Crippen LogP) is 0.903. The van der Waals surface area contributed by atoms with E-state index >= 15 is 0 Å². The van der Waals surface area contributed by atoms with E-state index in [0.717, 1.165) is 19.3 Å². The lowest BCUT2D eigenvalue weighted by molar-refractivity contribution is -0.142. The van der Waals surface area contributed by atoms with Crippen molar-refractivity contribution in [3.63, 3.8) is 0 Å². The van der Waals surface area contributed by atoms with E-state index in [-0.39, 0.29) is 11.3 Å². The van der Waals surface area contributed by atoms with Crippen LogP contribution in [0.5, 0.6) is 0 Å². The summed E-state index contributed by atoms with van der Waals surface area (Å²) in [6.45, 7) is 0.924. The highest BCUT2D eigenvalue weighted by atomic mass is 32.2. The zero-order chi connectivity index (χ0) is 14.8. The lowest BCUT2D eigenvalue weighted by atomic mass is 9.84. The molecule has 1 saturated carbocycles. The van der Waals surface area contributed by atoms with Gasteiger partial charge in [0.1, 0.15) is 0 Å². The Morgan fingerprint density at radius 1 is 1.45 bits per heavy atom. The van der Waals surface area contributed by atoms with Crippen LogP contribution in [0.3, 0.4) is 0 Å². The number of nitrogens with one attached hydrogen (secondary N) is 1. The number of hydrogen-bond donors (Lipinski definition) is 2. The molecule has 2 N–H and O–H groups in total. The summed E-state index contributed by atoms with van der Waals surface area (Å²) in [4.78, 5) is 11.0. The van der Waals surface area contributed by atoms with Crippen LogP contribution < -0.4 is 4.72 Å². The molecule has 0 amide bonds. The average Bonchev–Trinajstić information content (AvgIpc) is 2.38. The van der Waals surface area contributed by atoms with E-state index in [1.54, 1.807) is 11.8 Å². The zero-order valence-corrected chi connectivity index (χ0v) is 13.3. The lowest BCUT2D eigenvalue weighted by Crippen LogP contribution is -2.52. The highest BCUT2D eigenvalue weighted by molar-refractivity contribution is 8.00. The fraction of sp³-hybridized carbons (Fsp3) is 0.917. The number of piperidine rings is 1. The number of hydrogen-bond acceptors (Lipinski definition) is 4. The number of aliphatic carboxylic acids is 1. The summed E-state index contributed by atoms with van der Waals surface area (Å²) in [6.07, 6.45) is 6.38. The molecule has 1 heterocycles. The van der Waals surface area contributed by atoms with Crippen molar-refractivity contribution in [2.75, 3.05) is 25.9 Å². The Labute approximate surface area is 124 Å². The van der Waals surface area contributed by atoms with E-state index in [1.165, 1.54) is 4.31 Å². The Morgan fingerprint density at radius 2 is 2.15 bits per heavy atom. The summed E-state index contributed by atoms with van der Waals surface area (Å²) in [7, 11) is -3.56. The van der Waals surface area contributed by atoms with Gasteiger partial charge in [0, 0.05) is 24.4 Å². The Bertz CT molecular complexity index is 457. The van der Waals surface area contributed by atoms with Crippen molar-refractivity contribution >= 4 is 27.9 Å². The molecule has 1 atom stereocenters. The molecule has 2 aliphatic rings. The maximum Gasteiger partial charge on any atom is 0.307 e. The van der Waals surface area contributed by atoms with Crippen LogP contribution in [0.25, 0.3) is 0 Å². The predicted molar refractivity (Wildman–Crippen MR) is 79.0 cm³/mol. The van der Waals surface area contributed by atoms with E-state index < -0.39 is 22.1 Å². The molecule has 0 bridgehead atoms. The normalized spacial score (nSPS) is 26.9. The summed E-state index contributed by atoms with van der Waals surface area (Å²) >= 11 is 1.71. The summed E-state index contributed by atoms with van der Waals surface area (Å²) < 4.78 is 28.5. The summed E-state index contributed by atoms with van der Waals surface area (Å²) in [6, 6.07) is 0. The second-order valence-electron chi connectivity index (χ2n) is 5.60. The highest BCUT2D eigenvalue weighted by Gasteiger charge is 2.39. The lowest BCUT2D eigenvalue weighted by Gasteiger charge is -2.41. The summed E-state index contributed by atoms with van der Waals surface area (Å²) in [5, 5.41) is 9.02. The van der Waals surface area contributed by atoms with Crippen molar-refractivity contribution in [3.8, 4) is 0 Å². The van der Waals surface area contributed by atoms with Crippen LogP contribution in [0.15, 0.2) is 0 Å². The quantitative estimate of drug-likeness (QED) is 0.759. The molecular formula is C12H22N2O4S2. The SMILES string of the molecule is CSC1(CNS(=O)(=O)N2CCCC(C(=O)O)C2)CCC1. The fourth-order valence-electron chi connectivity index (χ4n) is 2.70. The molecule has 1 saturated heterocycles. The molecule has 0 radical (unpaired) electrons. The van der Waals surface area contributed by atoms with Crippen LogP contribution in [0.4, 0.5) is 0 Å². The van der Waals surface area contributed by atoms with Crippen molar-refractivity contribution in [1.82, 2.24) is 9.03 Å². The van der Waals surface area contributed by atoms with Gasteiger partial charge in [-0.15, -0.1) is 0 Å². The van der Waals surface area contributed by atoms with E-state index in [1.807, 2.05) is 6.26 Å². The maximum absolute atomic E-state index is 12.3. The third-order valence-electron chi connectivity index (χ3n) is 4.35. The molecule has 20 heavy (non-hydrogen) atoms. The third kappa shape index (κ3) is 3.47. The maximum atomic E-state index is 12.3. The third-order valence-corrected chi connectivity index (χ3v) is 7.29. The van der Waals surface area contributed by atoms with Gasteiger partial charge in [-0.2, -0.15) is 24.5 Å². The second-order valence-corrected chi connectivity index (χ2v) is 8.63.